The first-order chi connectivity index (χ1) is 18.6. The molecule has 0 unspecified atom stereocenters. The van der Waals surface area contributed by atoms with Crippen molar-refractivity contribution in [3.05, 3.63) is 106 Å². The van der Waals surface area contributed by atoms with Crippen LogP contribution in [0.25, 0.3) is 17.5 Å². The van der Waals surface area contributed by atoms with Crippen molar-refractivity contribution in [2.75, 3.05) is 13.3 Å². The maximum atomic E-state index is 6.39. The molecule has 0 radical (unpaired) electrons. The van der Waals surface area contributed by atoms with E-state index < -0.39 is 0 Å². The standard InChI is InChI=1S/C31H31Cl2N3O2/c1-2-3-16-36-27(19-34-31(36)24-8-5-4-6-9-24)21-35(15-7-10-25-18-26(32)12-13-28(25)33)20-23-11-14-29-30(17-23)38-22-37-29/h4-14,17-19H,2-3,15-16,20-22H2,1H3/b10-7+. The van der Waals surface area contributed by atoms with Crippen molar-refractivity contribution in [2.45, 2.75) is 39.4 Å². The Morgan fingerprint density at radius 2 is 1.82 bits per heavy atom. The highest BCUT2D eigenvalue weighted by molar-refractivity contribution is 6.34. The van der Waals surface area contributed by atoms with Gasteiger partial charge in [0.2, 0.25) is 6.79 Å². The predicted molar refractivity (Wildman–Crippen MR) is 155 cm³/mol. The Bertz CT molecular complexity index is 1400. The summed E-state index contributed by atoms with van der Waals surface area (Å²) in [5.74, 6) is 2.60. The minimum atomic E-state index is 0.268. The third-order valence-corrected chi connectivity index (χ3v) is 7.13. The summed E-state index contributed by atoms with van der Waals surface area (Å²) < 4.78 is 13.5. The molecule has 2 heterocycles. The lowest BCUT2D eigenvalue weighted by molar-refractivity contribution is 0.174. The van der Waals surface area contributed by atoms with Crippen LogP contribution in [-0.4, -0.2) is 27.8 Å². The molecule has 0 fully saturated rings. The largest absolute Gasteiger partial charge is 0.454 e. The second-order valence-electron chi connectivity index (χ2n) is 9.37. The number of halogens is 2. The van der Waals surface area contributed by atoms with Gasteiger partial charge >= 0.3 is 0 Å². The van der Waals surface area contributed by atoms with Gasteiger partial charge in [-0.1, -0.05) is 85.1 Å². The molecule has 1 aromatic heterocycles. The molecule has 5 nitrogen and oxygen atoms in total. The Hall–Kier alpha value is -3.25. The Morgan fingerprint density at radius 3 is 2.66 bits per heavy atom. The van der Waals surface area contributed by atoms with Gasteiger partial charge in [-0.05, 0) is 47.9 Å². The number of rotatable bonds is 11. The molecule has 4 aromatic rings. The summed E-state index contributed by atoms with van der Waals surface area (Å²) in [7, 11) is 0. The Kier molecular flexibility index (Phi) is 8.69. The summed E-state index contributed by atoms with van der Waals surface area (Å²) in [4.78, 5) is 7.24. The fourth-order valence-electron chi connectivity index (χ4n) is 4.60. The number of imidazole rings is 1. The van der Waals surface area contributed by atoms with E-state index in [-0.39, 0.29) is 6.79 Å². The van der Waals surface area contributed by atoms with Gasteiger partial charge in [0.25, 0.3) is 0 Å². The molecular formula is C31H31Cl2N3O2. The summed E-state index contributed by atoms with van der Waals surface area (Å²) in [6.07, 6.45) is 8.40. The zero-order valence-electron chi connectivity index (χ0n) is 21.4. The normalized spacial score (nSPS) is 12.6. The number of hydrogen-bond acceptors (Lipinski definition) is 4. The third kappa shape index (κ3) is 6.41. The van der Waals surface area contributed by atoms with Crippen molar-refractivity contribution < 1.29 is 9.47 Å². The van der Waals surface area contributed by atoms with Crippen molar-refractivity contribution in [1.82, 2.24) is 14.5 Å². The molecule has 5 rings (SSSR count). The van der Waals surface area contributed by atoms with E-state index in [0.29, 0.717) is 10.0 Å². The number of hydrogen-bond donors (Lipinski definition) is 0. The molecule has 7 heteroatoms. The minimum Gasteiger partial charge on any atom is -0.454 e. The molecule has 0 bridgehead atoms. The van der Waals surface area contributed by atoms with E-state index in [1.807, 2.05) is 36.5 Å². The van der Waals surface area contributed by atoms with Gasteiger partial charge in [0.05, 0.1) is 11.9 Å². The monoisotopic (exact) mass is 547 g/mol. The fraction of sp³-hybridized carbons (Fsp3) is 0.258. The number of benzene rings is 3. The molecule has 0 amide bonds. The SMILES string of the molecule is CCCCn1c(CN(C/C=C/c2cc(Cl)ccc2Cl)Cc2ccc3c(c2)OCO3)cnc1-c1ccccc1. The summed E-state index contributed by atoms with van der Waals surface area (Å²) >= 11 is 12.6. The highest BCUT2D eigenvalue weighted by Crippen LogP contribution is 2.33. The maximum Gasteiger partial charge on any atom is 0.231 e. The smallest absolute Gasteiger partial charge is 0.231 e. The van der Waals surface area contributed by atoms with Crippen LogP contribution in [0.1, 0.15) is 36.6 Å². The van der Waals surface area contributed by atoms with Gasteiger partial charge in [0.15, 0.2) is 11.5 Å². The number of aromatic nitrogens is 2. The molecule has 196 valence electrons. The van der Waals surface area contributed by atoms with Gasteiger partial charge in [-0.15, -0.1) is 0 Å². The molecule has 1 aliphatic heterocycles. The number of ether oxygens (including phenoxy) is 2. The van der Waals surface area contributed by atoms with Gasteiger partial charge < -0.3 is 14.0 Å². The summed E-state index contributed by atoms with van der Waals surface area (Å²) in [6, 6.07) is 22.1. The Balaban J connectivity index is 1.42. The van der Waals surface area contributed by atoms with Crippen molar-refractivity contribution >= 4 is 29.3 Å². The number of nitrogens with zero attached hydrogens (tertiary/aromatic N) is 3. The number of fused-ring (bicyclic) bond motifs is 1. The molecule has 0 spiro atoms. The van der Waals surface area contributed by atoms with Crippen molar-refractivity contribution in [3.8, 4) is 22.9 Å². The quantitative estimate of drug-likeness (QED) is 0.190. The first-order valence-corrected chi connectivity index (χ1v) is 13.7. The third-order valence-electron chi connectivity index (χ3n) is 6.55. The summed E-state index contributed by atoms with van der Waals surface area (Å²) in [6.45, 7) is 5.62. The van der Waals surface area contributed by atoms with Gasteiger partial charge in [-0.3, -0.25) is 4.90 Å². The first kappa shape index (κ1) is 26.4. The molecule has 0 atom stereocenters. The molecule has 3 aromatic carbocycles. The average molecular weight is 549 g/mol. The molecule has 0 N–H and O–H groups in total. The van der Waals surface area contributed by atoms with E-state index in [1.165, 1.54) is 5.69 Å². The van der Waals surface area contributed by atoms with Crippen LogP contribution in [0, 0.1) is 0 Å². The molecule has 1 aliphatic rings. The van der Waals surface area contributed by atoms with Crippen LogP contribution in [0.2, 0.25) is 10.0 Å². The Morgan fingerprint density at radius 1 is 0.974 bits per heavy atom. The molecule has 0 aliphatic carbocycles. The summed E-state index contributed by atoms with van der Waals surface area (Å²) in [5, 5.41) is 1.35. The zero-order valence-corrected chi connectivity index (χ0v) is 23.0. The lowest BCUT2D eigenvalue weighted by atomic mass is 10.1. The zero-order chi connectivity index (χ0) is 26.3. The van der Waals surface area contributed by atoms with Gasteiger partial charge in [0.1, 0.15) is 5.82 Å². The first-order valence-electron chi connectivity index (χ1n) is 12.9. The highest BCUT2D eigenvalue weighted by atomic mass is 35.5. The van der Waals surface area contributed by atoms with E-state index in [9.17, 15) is 0 Å². The predicted octanol–water partition coefficient (Wildman–Crippen LogP) is 8.10. The van der Waals surface area contributed by atoms with E-state index >= 15 is 0 Å². The maximum absolute atomic E-state index is 6.39. The molecule has 0 saturated carbocycles. The second kappa shape index (κ2) is 12.5. The van der Waals surface area contributed by atoms with Crippen molar-refractivity contribution in [3.63, 3.8) is 0 Å². The van der Waals surface area contributed by atoms with Crippen LogP contribution >= 0.6 is 23.2 Å². The van der Waals surface area contributed by atoms with E-state index in [4.69, 9.17) is 37.7 Å². The lowest BCUT2D eigenvalue weighted by Crippen LogP contribution is -2.24. The topological polar surface area (TPSA) is 39.5 Å². The number of unbranched alkanes of at least 4 members (excludes halogenated alkanes) is 1. The van der Waals surface area contributed by atoms with Crippen LogP contribution in [0.4, 0.5) is 0 Å². The van der Waals surface area contributed by atoms with E-state index in [2.05, 4.69) is 58.9 Å². The van der Waals surface area contributed by atoms with Gasteiger partial charge in [-0.25, -0.2) is 4.98 Å². The van der Waals surface area contributed by atoms with Crippen molar-refractivity contribution in [1.29, 1.82) is 0 Å². The van der Waals surface area contributed by atoms with E-state index in [1.54, 1.807) is 6.07 Å². The van der Waals surface area contributed by atoms with Crippen LogP contribution in [0.5, 0.6) is 11.5 Å². The van der Waals surface area contributed by atoms with Crippen LogP contribution in [-0.2, 0) is 19.6 Å². The fourth-order valence-corrected chi connectivity index (χ4v) is 4.96. The van der Waals surface area contributed by atoms with E-state index in [0.717, 1.165) is 73.0 Å². The molecule has 38 heavy (non-hydrogen) atoms. The lowest BCUT2D eigenvalue weighted by Gasteiger charge is -2.22. The molecule has 0 saturated heterocycles. The second-order valence-corrected chi connectivity index (χ2v) is 10.2. The van der Waals surface area contributed by atoms with Gasteiger partial charge in [-0.2, -0.15) is 0 Å². The minimum absolute atomic E-state index is 0.268. The van der Waals surface area contributed by atoms with Crippen LogP contribution < -0.4 is 9.47 Å². The van der Waals surface area contributed by atoms with Gasteiger partial charge in [0, 0.05) is 41.8 Å². The average Bonchev–Trinajstić information content (AvgIpc) is 3.56. The Labute approximate surface area is 234 Å². The van der Waals surface area contributed by atoms with Crippen molar-refractivity contribution in [2.24, 2.45) is 0 Å². The van der Waals surface area contributed by atoms with Crippen LogP contribution in [0.15, 0.2) is 79.0 Å². The van der Waals surface area contributed by atoms with Crippen LogP contribution in [0.3, 0.4) is 0 Å². The highest BCUT2D eigenvalue weighted by Gasteiger charge is 2.17. The summed E-state index contributed by atoms with van der Waals surface area (Å²) in [5.41, 5.74) is 4.38. The molecular weight excluding hydrogens is 517 g/mol.